The minimum atomic E-state index is 0.109. The number of hydrogen-bond donors (Lipinski definition) is 1. The predicted molar refractivity (Wildman–Crippen MR) is 108 cm³/mol. The Labute approximate surface area is 161 Å². The maximum atomic E-state index is 12.6. The fraction of sp³-hybridized carbons (Fsp3) is 0.400. The Morgan fingerprint density at radius 2 is 2.12 bits per heavy atom. The largest absolute Gasteiger partial charge is 0.351 e. The summed E-state index contributed by atoms with van der Waals surface area (Å²) in [5.74, 6) is 0.766. The molecule has 26 heavy (non-hydrogen) atoms. The number of aromatic nitrogens is 1. The van der Waals surface area contributed by atoms with Crippen molar-refractivity contribution in [2.45, 2.75) is 25.3 Å². The molecule has 0 saturated carbocycles. The summed E-state index contributed by atoms with van der Waals surface area (Å²) in [4.78, 5) is 15.1. The van der Waals surface area contributed by atoms with Gasteiger partial charge in [0.05, 0.1) is 16.8 Å². The number of piperidine rings is 3. The van der Waals surface area contributed by atoms with E-state index in [9.17, 15) is 4.79 Å². The SMILES string of the molecule is O=C(Cc1nsc2cc(-c3ccsc3)ccc12)N[C@H]1CN2CCC1CC2. The molecule has 6 heteroatoms. The highest BCUT2D eigenvalue weighted by Crippen LogP contribution is 2.31. The molecule has 1 amide bonds. The van der Waals surface area contributed by atoms with Crippen molar-refractivity contribution < 1.29 is 4.79 Å². The van der Waals surface area contributed by atoms with E-state index in [2.05, 4.69) is 49.6 Å². The summed E-state index contributed by atoms with van der Waals surface area (Å²) in [6, 6.07) is 8.88. The zero-order chi connectivity index (χ0) is 17.5. The van der Waals surface area contributed by atoms with Crippen molar-refractivity contribution in [1.82, 2.24) is 14.6 Å². The van der Waals surface area contributed by atoms with Crippen molar-refractivity contribution >= 4 is 38.9 Å². The van der Waals surface area contributed by atoms with Gasteiger partial charge in [0.2, 0.25) is 5.91 Å². The van der Waals surface area contributed by atoms with Gasteiger partial charge in [0.15, 0.2) is 0 Å². The van der Waals surface area contributed by atoms with E-state index < -0.39 is 0 Å². The number of hydrogen-bond acceptors (Lipinski definition) is 5. The summed E-state index contributed by atoms with van der Waals surface area (Å²) < 4.78 is 5.72. The topological polar surface area (TPSA) is 45.2 Å². The number of carbonyl (C=O) groups excluding carboxylic acids is 1. The van der Waals surface area contributed by atoms with E-state index in [4.69, 9.17) is 0 Å². The minimum absolute atomic E-state index is 0.109. The molecule has 3 aliphatic heterocycles. The molecule has 4 nitrogen and oxygen atoms in total. The lowest BCUT2D eigenvalue weighted by Gasteiger charge is -2.44. The van der Waals surface area contributed by atoms with Crippen LogP contribution in [0.25, 0.3) is 21.2 Å². The van der Waals surface area contributed by atoms with E-state index in [-0.39, 0.29) is 5.91 Å². The molecule has 3 fully saturated rings. The highest BCUT2D eigenvalue weighted by molar-refractivity contribution is 7.13. The molecule has 2 aromatic heterocycles. The number of carbonyl (C=O) groups is 1. The predicted octanol–water partition coefficient (Wildman–Crippen LogP) is 3.78. The van der Waals surface area contributed by atoms with Crippen LogP contribution in [0.3, 0.4) is 0 Å². The van der Waals surface area contributed by atoms with E-state index >= 15 is 0 Å². The molecule has 0 radical (unpaired) electrons. The summed E-state index contributed by atoms with van der Waals surface area (Å²) >= 11 is 3.20. The second-order valence-electron chi connectivity index (χ2n) is 7.34. The number of nitrogens with one attached hydrogen (secondary N) is 1. The molecular weight excluding hydrogens is 362 g/mol. The van der Waals surface area contributed by atoms with Gasteiger partial charge in [0.25, 0.3) is 0 Å². The molecule has 0 unspecified atom stereocenters. The Morgan fingerprint density at radius 1 is 1.23 bits per heavy atom. The molecule has 3 aliphatic rings. The third kappa shape index (κ3) is 3.06. The number of fused-ring (bicyclic) bond motifs is 4. The molecule has 1 aromatic carbocycles. The average molecular weight is 384 g/mol. The second kappa shape index (κ2) is 6.76. The summed E-state index contributed by atoms with van der Waals surface area (Å²) in [6.45, 7) is 3.40. The van der Waals surface area contributed by atoms with E-state index in [0.29, 0.717) is 18.4 Å². The molecular formula is C20H21N3OS2. The summed E-state index contributed by atoms with van der Waals surface area (Å²) in [5.41, 5.74) is 3.36. The lowest BCUT2D eigenvalue weighted by atomic mass is 9.84. The Kier molecular flexibility index (Phi) is 4.27. The first-order valence-corrected chi connectivity index (χ1v) is 10.9. The van der Waals surface area contributed by atoms with Gasteiger partial charge in [-0.3, -0.25) is 4.79 Å². The minimum Gasteiger partial charge on any atom is -0.351 e. The average Bonchev–Trinajstić information content (AvgIpc) is 3.33. The molecule has 134 valence electrons. The molecule has 2 bridgehead atoms. The second-order valence-corrected chi connectivity index (χ2v) is 8.93. The first-order valence-electron chi connectivity index (χ1n) is 9.19. The molecule has 3 aromatic rings. The van der Waals surface area contributed by atoms with Crippen molar-refractivity contribution in [3.8, 4) is 11.1 Å². The van der Waals surface area contributed by atoms with Crippen LogP contribution >= 0.6 is 22.9 Å². The fourth-order valence-corrected chi connectivity index (χ4v) is 5.76. The Balaban J connectivity index is 1.31. The van der Waals surface area contributed by atoms with Crippen LogP contribution in [0.5, 0.6) is 0 Å². The van der Waals surface area contributed by atoms with Crippen LogP contribution in [-0.4, -0.2) is 40.9 Å². The first kappa shape index (κ1) is 16.4. The van der Waals surface area contributed by atoms with Crippen LogP contribution in [0.1, 0.15) is 18.5 Å². The zero-order valence-corrected chi connectivity index (χ0v) is 16.1. The van der Waals surface area contributed by atoms with Crippen molar-refractivity contribution in [2.75, 3.05) is 19.6 Å². The number of rotatable bonds is 4. The molecule has 6 rings (SSSR count). The summed E-state index contributed by atoms with van der Waals surface area (Å²) in [6.07, 6.45) is 2.81. The molecule has 3 saturated heterocycles. The Morgan fingerprint density at radius 3 is 2.85 bits per heavy atom. The number of nitrogens with zero attached hydrogens (tertiary/aromatic N) is 2. The van der Waals surface area contributed by atoms with E-state index in [1.54, 1.807) is 11.3 Å². The summed E-state index contributed by atoms with van der Waals surface area (Å²) in [5, 5.41) is 8.63. The van der Waals surface area contributed by atoms with E-state index in [0.717, 1.165) is 22.3 Å². The molecule has 5 heterocycles. The molecule has 1 atom stereocenters. The van der Waals surface area contributed by atoms with Crippen LogP contribution in [-0.2, 0) is 11.2 Å². The van der Waals surface area contributed by atoms with Gasteiger partial charge < -0.3 is 10.2 Å². The van der Waals surface area contributed by atoms with Gasteiger partial charge in [-0.05, 0) is 77.4 Å². The maximum Gasteiger partial charge on any atom is 0.226 e. The van der Waals surface area contributed by atoms with Crippen LogP contribution in [0, 0.1) is 5.92 Å². The Bertz CT molecular complexity index is 926. The summed E-state index contributed by atoms with van der Waals surface area (Å²) in [7, 11) is 0. The lowest BCUT2D eigenvalue weighted by Crippen LogP contribution is -2.57. The van der Waals surface area contributed by atoms with Crippen molar-refractivity contribution in [3.63, 3.8) is 0 Å². The van der Waals surface area contributed by atoms with Gasteiger partial charge in [-0.25, -0.2) is 0 Å². The smallest absolute Gasteiger partial charge is 0.226 e. The monoisotopic (exact) mass is 383 g/mol. The third-order valence-corrected chi connectivity index (χ3v) is 7.26. The molecule has 0 aliphatic carbocycles. The van der Waals surface area contributed by atoms with Crippen molar-refractivity contribution in [2.24, 2.45) is 5.92 Å². The van der Waals surface area contributed by atoms with Crippen molar-refractivity contribution in [3.05, 3.63) is 40.7 Å². The van der Waals surface area contributed by atoms with Gasteiger partial charge in [0, 0.05) is 18.0 Å². The maximum absolute atomic E-state index is 12.6. The van der Waals surface area contributed by atoms with Gasteiger partial charge in [-0.2, -0.15) is 15.7 Å². The molecule has 1 N–H and O–H groups in total. The van der Waals surface area contributed by atoms with E-state index in [1.807, 2.05) is 0 Å². The van der Waals surface area contributed by atoms with Gasteiger partial charge in [-0.1, -0.05) is 12.1 Å². The standard InChI is InChI=1S/C20H21N3OS2/c24-20(21-18-11-23-6-3-13(18)4-7-23)10-17-16-2-1-14(9-19(16)26-22-17)15-5-8-25-12-15/h1-2,5,8-9,12-13,18H,3-4,6-7,10-11H2,(H,21,24)/t18-/m0/s1. The zero-order valence-electron chi connectivity index (χ0n) is 14.5. The third-order valence-electron chi connectivity index (χ3n) is 5.73. The van der Waals surface area contributed by atoms with Crippen LogP contribution in [0.4, 0.5) is 0 Å². The highest BCUT2D eigenvalue weighted by atomic mass is 32.1. The van der Waals surface area contributed by atoms with Crippen LogP contribution in [0.2, 0.25) is 0 Å². The Hall–Kier alpha value is -1.76. The van der Waals surface area contributed by atoms with Gasteiger partial charge in [-0.15, -0.1) is 0 Å². The van der Waals surface area contributed by atoms with Crippen LogP contribution in [0.15, 0.2) is 35.0 Å². The normalized spacial score (nSPS) is 24.8. The number of amides is 1. The number of thiophene rings is 1. The molecule has 0 spiro atoms. The van der Waals surface area contributed by atoms with Crippen molar-refractivity contribution in [1.29, 1.82) is 0 Å². The highest BCUT2D eigenvalue weighted by Gasteiger charge is 2.34. The lowest BCUT2D eigenvalue weighted by molar-refractivity contribution is -0.122. The van der Waals surface area contributed by atoms with Crippen LogP contribution < -0.4 is 5.32 Å². The van der Waals surface area contributed by atoms with Gasteiger partial charge in [0.1, 0.15) is 0 Å². The van der Waals surface area contributed by atoms with E-state index in [1.165, 1.54) is 48.6 Å². The first-order chi connectivity index (χ1) is 12.8. The number of benzene rings is 1. The van der Waals surface area contributed by atoms with Gasteiger partial charge >= 0.3 is 0 Å². The fourth-order valence-electron chi connectivity index (χ4n) is 4.26. The quantitative estimate of drug-likeness (QED) is 0.746.